The number of rotatable bonds is 2. The summed E-state index contributed by atoms with van der Waals surface area (Å²) in [5, 5.41) is 11.8. The fraction of sp³-hybridized carbons (Fsp3) is 0. The van der Waals surface area contributed by atoms with Crippen molar-refractivity contribution in [3.8, 4) is 5.95 Å². The van der Waals surface area contributed by atoms with Gasteiger partial charge in [-0.2, -0.15) is 9.97 Å². The molecule has 8 nitrogen and oxygen atoms in total. The highest BCUT2D eigenvalue weighted by molar-refractivity contribution is 5.81. The SMILES string of the molecule is Nc1nc(-n2ccc3ccccc32)nc(N)c1[N+](=O)[O-]. The number of aromatic nitrogens is 3. The number of anilines is 2. The van der Waals surface area contributed by atoms with E-state index in [-0.39, 0.29) is 17.6 Å². The highest BCUT2D eigenvalue weighted by Gasteiger charge is 2.21. The maximum atomic E-state index is 10.8. The second-order valence-corrected chi connectivity index (χ2v) is 4.14. The Hall–Kier alpha value is -3.16. The van der Waals surface area contributed by atoms with Crippen LogP contribution in [0, 0.1) is 10.1 Å². The maximum absolute atomic E-state index is 10.8. The Morgan fingerprint density at radius 1 is 1.10 bits per heavy atom. The van der Waals surface area contributed by atoms with E-state index in [0.717, 1.165) is 10.9 Å². The van der Waals surface area contributed by atoms with Gasteiger partial charge in [-0.1, -0.05) is 18.2 Å². The Balaban J connectivity index is 2.23. The number of hydrogen-bond acceptors (Lipinski definition) is 6. The van der Waals surface area contributed by atoms with Crippen LogP contribution in [0.3, 0.4) is 0 Å². The number of fused-ring (bicyclic) bond motifs is 1. The summed E-state index contributed by atoms with van der Waals surface area (Å²) in [5.74, 6) is -0.308. The molecule has 0 saturated carbocycles. The maximum Gasteiger partial charge on any atom is 0.352 e. The van der Waals surface area contributed by atoms with Crippen LogP contribution >= 0.6 is 0 Å². The van der Waals surface area contributed by atoms with Crippen molar-refractivity contribution in [3.63, 3.8) is 0 Å². The minimum atomic E-state index is -0.692. The molecular formula is C12H10N6O2. The summed E-state index contributed by atoms with van der Waals surface area (Å²) in [6.45, 7) is 0. The Morgan fingerprint density at radius 2 is 1.75 bits per heavy atom. The Labute approximate surface area is 112 Å². The molecule has 0 bridgehead atoms. The Bertz CT molecular complexity index is 803. The van der Waals surface area contributed by atoms with Crippen LogP contribution in [0.5, 0.6) is 0 Å². The normalized spacial score (nSPS) is 10.8. The van der Waals surface area contributed by atoms with Gasteiger partial charge in [-0.3, -0.25) is 14.7 Å². The zero-order chi connectivity index (χ0) is 14.3. The Kier molecular flexibility index (Phi) is 2.50. The molecule has 0 spiro atoms. The first kappa shape index (κ1) is 11.9. The number of nitrogen functional groups attached to an aromatic ring is 2. The lowest BCUT2D eigenvalue weighted by molar-refractivity contribution is -0.383. The highest BCUT2D eigenvalue weighted by atomic mass is 16.6. The summed E-state index contributed by atoms with van der Waals surface area (Å²) >= 11 is 0. The van der Waals surface area contributed by atoms with E-state index in [1.54, 1.807) is 10.8 Å². The smallest absolute Gasteiger partial charge is 0.352 e. The molecule has 3 rings (SSSR count). The van der Waals surface area contributed by atoms with Crippen LogP contribution in [0.2, 0.25) is 0 Å². The lowest BCUT2D eigenvalue weighted by Crippen LogP contribution is -2.09. The van der Waals surface area contributed by atoms with E-state index in [1.165, 1.54) is 0 Å². The van der Waals surface area contributed by atoms with Gasteiger partial charge in [0.15, 0.2) is 0 Å². The summed E-state index contributed by atoms with van der Waals surface area (Å²) in [4.78, 5) is 18.0. The van der Waals surface area contributed by atoms with E-state index in [4.69, 9.17) is 11.5 Å². The van der Waals surface area contributed by atoms with Crippen molar-refractivity contribution in [3.05, 3.63) is 46.6 Å². The third-order valence-electron chi connectivity index (χ3n) is 2.92. The predicted molar refractivity (Wildman–Crippen MR) is 74.3 cm³/mol. The van der Waals surface area contributed by atoms with Gasteiger partial charge in [0.05, 0.1) is 10.4 Å². The first-order valence-electron chi connectivity index (χ1n) is 5.72. The standard InChI is InChI=1S/C12H10N6O2/c13-10-9(18(19)20)11(14)16-12(15-10)17-6-5-7-3-1-2-4-8(7)17/h1-6H,(H4,13,14,15,16). The minimum Gasteiger partial charge on any atom is -0.378 e. The molecule has 0 amide bonds. The zero-order valence-electron chi connectivity index (χ0n) is 10.2. The van der Waals surface area contributed by atoms with Gasteiger partial charge in [0.2, 0.25) is 17.6 Å². The van der Waals surface area contributed by atoms with Crippen molar-refractivity contribution in [1.29, 1.82) is 0 Å². The van der Waals surface area contributed by atoms with Crippen LogP contribution in [0.1, 0.15) is 0 Å². The van der Waals surface area contributed by atoms with Crippen molar-refractivity contribution < 1.29 is 4.92 Å². The van der Waals surface area contributed by atoms with E-state index in [0.29, 0.717) is 0 Å². The molecule has 0 unspecified atom stereocenters. The van der Waals surface area contributed by atoms with Gasteiger partial charge in [-0.25, -0.2) is 0 Å². The first-order chi connectivity index (χ1) is 9.58. The molecule has 3 aromatic rings. The van der Waals surface area contributed by atoms with Crippen LogP contribution in [-0.4, -0.2) is 19.5 Å². The molecule has 20 heavy (non-hydrogen) atoms. The van der Waals surface area contributed by atoms with Crippen molar-refractivity contribution in [2.45, 2.75) is 0 Å². The Morgan fingerprint density at radius 3 is 2.40 bits per heavy atom. The molecule has 0 aliphatic heterocycles. The molecular weight excluding hydrogens is 260 g/mol. The lowest BCUT2D eigenvalue weighted by Gasteiger charge is -2.06. The van der Waals surface area contributed by atoms with Crippen LogP contribution < -0.4 is 11.5 Å². The fourth-order valence-corrected chi connectivity index (χ4v) is 2.03. The second kappa shape index (κ2) is 4.19. The number of nitrogens with zero attached hydrogens (tertiary/aromatic N) is 4. The molecule has 0 saturated heterocycles. The zero-order valence-corrected chi connectivity index (χ0v) is 10.2. The summed E-state index contributed by atoms with van der Waals surface area (Å²) < 4.78 is 1.67. The predicted octanol–water partition coefficient (Wildman–Crippen LogP) is 1.49. The number of hydrogen-bond donors (Lipinski definition) is 2. The summed E-state index contributed by atoms with van der Waals surface area (Å²) in [7, 11) is 0. The average Bonchev–Trinajstić information content (AvgIpc) is 2.81. The molecule has 0 fully saturated rings. The minimum absolute atomic E-state index is 0.201. The highest BCUT2D eigenvalue weighted by Crippen LogP contribution is 2.27. The van der Waals surface area contributed by atoms with E-state index in [2.05, 4.69) is 9.97 Å². The third kappa shape index (κ3) is 1.70. The molecule has 2 heterocycles. The van der Waals surface area contributed by atoms with Crippen LogP contribution in [0.15, 0.2) is 36.5 Å². The lowest BCUT2D eigenvalue weighted by atomic mass is 10.2. The number of nitrogens with two attached hydrogens (primary N) is 2. The molecule has 0 aliphatic carbocycles. The van der Waals surface area contributed by atoms with E-state index in [1.807, 2.05) is 30.3 Å². The van der Waals surface area contributed by atoms with E-state index >= 15 is 0 Å². The molecule has 0 radical (unpaired) electrons. The van der Waals surface area contributed by atoms with Gasteiger partial charge in [0.25, 0.3) is 0 Å². The van der Waals surface area contributed by atoms with E-state index in [9.17, 15) is 10.1 Å². The van der Waals surface area contributed by atoms with Crippen molar-refractivity contribution in [2.75, 3.05) is 11.5 Å². The molecule has 4 N–H and O–H groups in total. The van der Waals surface area contributed by atoms with Crippen LogP contribution in [0.25, 0.3) is 16.9 Å². The van der Waals surface area contributed by atoms with Gasteiger partial charge in [-0.15, -0.1) is 0 Å². The van der Waals surface area contributed by atoms with Crippen molar-refractivity contribution >= 4 is 28.2 Å². The molecule has 0 atom stereocenters. The quantitative estimate of drug-likeness (QED) is 0.536. The van der Waals surface area contributed by atoms with Gasteiger partial charge in [0, 0.05) is 11.6 Å². The molecule has 8 heteroatoms. The average molecular weight is 270 g/mol. The largest absolute Gasteiger partial charge is 0.378 e. The van der Waals surface area contributed by atoms with E-state index < -0.39 is 10.6 Å². The number of nitro groups is 1. The van der Waals surface area contributed by atoms with Crippen molar-refractivity contribution in [2.24, 2.45) is 0 Å². The molecule has 1 aromatic carbocycles. The number of para-hydroxylation sites is 1. The second-order valence-electron chi connectivity index (χ2n) is 4.14. The first-order valence-corrected chi connectivity index (χ1v) is 5.72. The van der Waals surface area contributed by atoms with Gasteiger partial charge in [-0.05, 0) is 12.1 Å². The summed E-state index contributed by atoms with van der Waals surface area (Å²) in [5.41, 5.74) is 11.6. The molecule has 100 valence electrons. The summed E-state index contributed by atoms with van der Waals surface area (Å²) in [6, 6.07) is 9.48. The third-order valence-corrected chi connectivity index (χ3v) is 2.92. The molecule has 2 aromatic heterocycles. The van der Waals surface area contributed by atoms with Gasteiger partial charge >= 0.3 is 5.69 Å². The summed E-state index contributed by atoms with van der Waals surface area (Å²) in [6.07, 6.45) is 1.75. The molecule has 0 aliphatic rings. The van der Waals surface area contributed by atoms with Gasteiger partial charge < -0.3 is 11.5 Å². The monoisotopic (exact) mass is 270 g/mol. The van der Waals surface area contributed by atoms with Crippen LogP contribution in [-0.2, 0) is 0 Å². The van der Waals surface area contributed by atoms with Crippen LogP contribution in [0.4, 0.5) is 17.3 Å². The fourth-order valence-electron chi connectivity index (χ4n) is 2.03. The topological polar surface area (TPSA) is 126 Å². The number of benzene rings is 1. The van der Waals surface area contributed by atoms with Crippen molar-refractivity contribution in [1.82, 2.24) is 14.5 Å². The van der Waals surface area contributed by atoms with Gasteiger partial charge in [0.1, 0.15) is 0 Å².